The predicted octanol–water partition coefficient (Wildman–Crippen LogP) is 1.98. The van der Waals surface area contributed by atoms with Crippen LogP contribution >= 0.6 is 0 Å². The molecule has 0 atom stereocenters. The summed E-state index contributed by atoms with van der Waals surface area (Å²) in [5.74, 6) is -0.268. The van der Waals surface area contributed by atoms with E-state index in [1.54, 1.807) is 0 Å². The molecular weight excluding hydrogens is 224 g/mol. The first-order valence-electron chi connectivity index (χ1n) is 4.73. The average Bonchev–Trinajstić information content (AvgIpc) is 2.80. The number of phenols is 2. The van der Waals surface area contributed by atoms with Crippen molar-refractivity contribution in [2.75, 3.05) is 0 Å². The van der Waals surface area contributed by atoms with E-state index in [-0.39, 0.29) is 34.1 Å². The van der Waals surface area contributed by atoms with Crippen molar-refractivity contribution in [2.24, 2.45) is 0 Å². The molecule has 0 aliphatic carbocycles. The van der Waals surface area contributed by atoms with Crippen molar-refractivity contribution in [2.45, 2.75) is 0 Å². The standard InChI is InChI=1S/C12H8O5/c13-5-7-1-4-11(17-7)12-8(6-14)9(15)2-3-10(12)16/h1-6,15-16H. The van der Waals surface area contributed by atoms with Crippen molar-refractivity contribution in [3.05, 3.63) is 35.6 Å². The molecule has 5 nitrogen and oxygen atoms in total. The molecule has 0 spiro atoms. The van der Waals surface area contributed by atoms with Crippen molar-refractivity contribution < 1.29 is 24.2 Å². The Labute approximate surface area is 95.9 Å². The van der Waals surface area contributed by atoms with E-state index in [1.807, 2.05) is 0 Å². The number of aldehydes is 2. The molecular formula is C12H8O5. The quantitative estimate of drug-likeness (QED) is 0.624. The Morgan fingerprint density at radius 1 is 0.941 bits per heavy atom. The van der Waals surface area contributed by atoms with Crippen LogP contribution in [0.2, 0.25) is 0 Å². The normalized spacial score (nSPS) is 10.1. The second kappa shape index (κ2) is 4.13. The number of aromatic hydroxyl groups is 2. The molecule has 0 unspecified atom stereocenters. The Hall–Kier alpha value is -2.56. The average molecular weight is 232 g/mol. The maximum atomic E-state index is 10.9. The molecule has 2 N–H and O–H groups in total. The van der Waals surface area contributed by atoms with Gasteiger partial charge in [0.15, 0.2) is 18.3 Å². The Morgan fingerprint density at radius 3 is 2.24 bits per heavy atom. The molecule has 0 amide bonds. The highest BCUT2D eigenvalue weighted by Crippen LogP contribution is 2.37. The Morgan fingerprint density at radius 2 is 1.65 bits per heavy atom. The molecule has 2 rings (SSSR count). The molecule has 0 aliphatic heterocycles. The van der Waals surface area contributed by atoms with Crippen LogP contribution in [0, 0.1) is 0 Å². The fraction of sp³-hybridized carbons (Fsp3) is 0. The van der Waals surface area contributed by atoms with Crippen LogP contribution in [-0.4, -0.2) is 22.8 Å². The first-order valence-corrected chi connectivity index (χ1v) is 4.73. The van der Waals surface area contributed by atoms with Gasteiger partial charge in [-0.15, -0.1) is 0 Å². The van der Waals surface area contributed by atoms with Gasteiger partial charge in [-0.3, -0.25) is 9.59 Å². The first-order chi connectivity index (χ1) is 8.17. The third-order valence-corrected chi connectivity index (χ3v) is 2.31. The summed E-state index contributed by atoms with van der Waals surface area (Å²) in [4.78, 5) is 21.4. The topological polar surface area (TPSA) is 87.7 Å². The molecule has 1 aromatic heterocycles. The zero-order chi connectivity index (χ0) is 12.4. The lowest BCUT2D eigenvalue weighted by Crippen LogP contribution is -1.88. The van der Waals surface area contributed by atoms with Crippen LogP contribution in [0.25, 0.3) is 11.3 Å². The molecule has 5 heteroatoms. The first kappa shape index (κ1) is 10.9. The smallest absolute Gasteiger partial charge is 0.185 e. The summed E-state index contributed by atoms with van der Waals surface area (Å²) < 4.78 is 5.10. The minimum Gasteiger partial charge on any atom is -0.507 e. The number of hydrogen-bond donors (Lipinski definition) is 2. The van der Waals surface area contributed by atoms with Gasteiger partial charge >= 0.3 is 0 Å². The van der Waals surface area contributed by atoms with Crippen LogP contribution in [0.15, 0.2) is 28.7 Å². The molecule has 0 saturated carbocycles. The summed E-state index contributed by atoms with van der Waals surface area (Å²) in [7, 11) is 0. The molecule has 0 saturated heterocycles. The lowest BCUT2D eigenvalue weighted by atomic mass is 10.0. The summed E-state index contributed by atoms with van der Waals surface area (Å²) in [5.41, 5.74) is -0.0232. The summed E-state index contributed by atoms with van der Waals surface area (Å²) in [5, 5.41) is 19.2. The molecule has 0 aliphatic rings. The maximum Gasteiger partial charge on any atom is 0.185 e. The third kappa shape index (κ3) is 1.78. The molecule has 17 heavy (non-hydrogen) atoms. The van der Waals surface area contributed by atoms with Gasteiger partial charge in [-0.2, -0.15) is 0 Å². The van der Waals surface area contributed by atoms with E-state index in [9.17, 15) is 19.8 Å². The van der Waals surface area contributed by atoms with E-state index in [1.165, 1.54) is 24.3 Å². The summed E-state index contributed by atoms with van der Waals surface area (Å²) in [6.45, 7) is 0. The Balaban J connectivity index is 2.68. The van der Waals surface area contributed by atoms with Crippen molar-refractivity contribution in [3.63, 3.8) is 0 Å². The minimum atomic E-state index is -0.267. The van der Waals surface area contributed by atoms with Gasteiger partial charge in [0.1, 0.15) is 17.3 Å². The molecule has 1 heterocycles. The largest absolute Gasteiger partial charge is 0.507 e. The second-order valence-electron chi connectivity index (χ2n) is 3.33. The minimum absolute atomic E-state index is 0.0631. The zero-order valence-electron chi connectivity index (χ0n) is 8.58. The number of rotatable bonds is 3. The van der Waals surface area contributed by atoms with Crippen LogP contribution in [0.5, 0.6) is 11.5 Å². The van der Waals surface area contributed by atoms with Crippen LogP contribution in [0.3, 0.4) is 0 Å². The van der Waals surface area contributed by atoms with Crippen molar-refractivity contribution in [3.8, 4) is 22.8 Å². The van der Waals surface area contributed by atoms with Crippen molar-refractivity contribution in [1.29, 1.82) is 0 Å². The van der Waals surface area contributed by atoms with Crippen LogP contribution in [0.4, 0.5) is 0 Å². The lowest BCUT2D eigenvalue weighted by Gasteiger charge is -2.06. The zero-order valence-corrected chi connectivity index (χ0v) is 8.58. The number of carbonyl (C=O) groups is 2. The van der Waals surface area contributed by atoms with Crippen LogP contribution in [0.1, 0.15) is 20.9 Å². The van der Waals surface area contributed by atoms with E-state index < -0.39 is 0 Å². The van der Waals surface area contributed by atoms with Crippen molar-refractivity contribution in [1.82, 2.24) is 0 Å². The second-order valence-corrected chi connectivity index (χ2v) is 3.33. The van der Waals surface area contributed by atoms with Crippen LogP contribution in [-0.2, 0) is 0 Å². The summed E-state index contributed by atoms with van der Waals surface area (Å²) >= 11 is 0. The van der Waals surface area contributed by atoms with Gasteiger partial charge in [0.2, 0.25) is 0 Å². The highest BCUT2D eigenvalue weighted by Gasteiger charge is 2.17. The van der Waals surface area contributed by atoms with Gasteiger partial charge in [0.25, 0.3) is 0 Å². The number of carbonyl (C=O) groups excluding carboxylic acids is 2. The fourth-order valence-corrected chi connectivity index (χ4v) is 1.53. The molecule has 0 bridgehead atoms. The SMILES string of the molecule is O=Cc1ccc(-c2c(O)ccc(O)c2C=O)o1. The van der Waals surface area contributed by atoms with Crippen molar-refractivity contribution >= 4 is 12.6 Å². The van der Waals surface area contributed by atoms with Gasteiger partial charge in [0.05, 0.1) is 11.1 Å². The summed E-state index contributed by atoms with van der Waals surface area (Å²) in [6.07, 6.45) is 0.914. The number of hydrogen-bond acceptors (Lipinski definition) is 5. The van der Waals surface area contributed by atoms with Crippen LogP contribution < -0.4 is 0 Å². The van der Waals surface area contributed by atoms with E-state index in [0.717, 1.165) is 0 Å². The maximum absolute atomic E-state index is 10.9. The molecule has 2 aromatic rings. The highest BCUT2D eigenvalue weighted by atomic mass is 16.3. The molecule has 0 fully saturated rings. The Bertz CT molecular complexity index is 583. The van der Waals surface area contributed by atoms with Gasteiger partial charge in [-0.1, -0.05) is 0 Å². The number of benzene rings is 1. The fourth-order valence-electron chi connectivity index (χ4n) is 1.53. The monoisotopic (exact) mass is 232 g/mol. The summed E-state index contributed by atoms with van der Waals surface area (Å²) in [6, 6.07) is 5.28. The van der Waals surface area contributed by atoms with E-state index in [0.29, 0.717) is 12.6 Å². The van der Waals surface area contributed by atoms with Gasteiger partial charge in [-0.05, 0) is 24.3 Å². The third-order valence-electron chi connectivity index (χ3n) is 2.31. The molecule has 86 valence electrons. The van der Waals surface area contributed by atoms with Gasteiger partial charge in [-0.25, -0.2) is 0 Å². The lowest BCUT2D eigenvalue weighted by molar-refractivity contribution is 0.110. The van der Waals surface area contributed by atoms with E-state index in [4.69, 9.17) is 4.42 Å². The highest BCUT2D eigenvalue weighted by molar-refractivity contribution is 5.92. The Kier molecular flexibility index (Phi) is 2.66. The number of furan rings is 1. The van der Waals surface area contributed by atoms with Gasteiger partial charge in [0, 0.05) is 0 Å². The number of phenolic OH excluding ortho intramolecular Hbond substituents is 2. The van der Waals surface area contributed by atoms with E-state index in [2.05, 4.69) is 0 Å². The predicted molar refractivity (Wildman–Crippen MR) is 58.2 cm³/mol. The molecule has 1 aromatic carbocycles. The van der Waals surface area contributed by atoms with Gasteiger partial charge < -0.3 is 14.6 Å². The van der Waals surface area contributed by atoms with E-state index >= 15 is 0 Å². The molecule has 0 radical (unpaired) electrons.